The van der Waals surface area contributed by atoms with Crippen molar-refractivity contribution < 1.29 is 75.8 Å². The molecule has 0 aromatic heterocycles. The predicted molar refractivity (Wildman–Crippen MR) is 519 cm³/mol. The molecule has 0 aromatic carbocycles. The van der Waals surface area contributed by atoms with Crippen LogP contribution in [0.5, 0.6) is 0 Å². The van der Waals surface area contributed by atoms with Gasteiger partial charge in [-0.25, -0.2) is 9.13 Å². The number of carbonyl (C=O) groups is 3. The molecule has 5 atom stereocenters. The fraction of sp³-hybridized carbons (Fsp3) is 0.724. The van der Waals surface area contributed by atoms with Crippen molar-refractivity contribution in [2.75, 3.05) is 39.6 Å². The molecule has 0 aliphatic heterocycles. The average Bonchev–Trinajstić information content (AvgIpc) is 0.897. The van der Waals surface area contributed by atoms with Crippen LogP contribution in [-0.4, -0.2) is 95.9 Å². The second kappa shape index (κ2) is 96.3. The molecule has 0 rings (SSSR count). The summed E-state index contributed by atoms with van der Waals surface area (Å²) in [5, 5.41) is 20.8. The molecule has 0 spiro atoms. The maximum absolute atomic E-state index is 13.1. The topological polar surface area (TPSA) is 231 Å². The summed E-state index contributed by atoms with van der Waals surface area (Å²) in [5.41, 5.74) is 0. The van der Waals surface area contributed by atoms with Crippen LogP contribution in [0.3, 0.4) is 0 Å². The van der Waals surface area contributed by atoms with Gasteiger partial charge in [-0.05, 0) is 141 Å². The van der Waals surface area contributed by atoms with E-state index in [9.17, 15) is 43.5 Å². The van der Waals surface area contributed by atoms with E-state index in [0.29, 0.717) is 19.3 Å². The van der Waals surface area contributed by atoms with E-state index in [1.165, 1.54) is 205 Å². The van der Waals surface area contributed by atoms with Gasteiger partial charge in [0, 0.05) is 19.3 Å². The molecule has 5 unspecified atom stereocenters. The van der Waals surface area contributed by atoms with Gasteiger partial charge in [0.2, 0.25) is 0 Å². The van der Waals surface area contributed by atoms with Crippen molar-refractivity contribution in [1.82, 2.24) is 0 Å². The van der Waals surface area contributed by atoms with Crippen LogP contribution in [0.25, 0.3) is 0 Å². The zero-order chi connectivity index (χ0) is 89.3. The highest BCUT2D eigenvalue weighted by Gasteiger charge is 2.30. The molecule has 0 saturated heterocycles. The second-order valence-electron chi connectivity index (χ2n) is 33.1. The van der Waals surface area contributed by atoms with Crippen LogP contribution in [0.4, 0.5) is 0 Å². The fourth-order valence-corrected chi connectivity index (χ4v) is 15.4. The molecule has 0 aromatic rings. The smallest absolute Gasteiger partial charge is 0.463 e. The van der Waals surface area contributed by atoms with E-state index in [1.54, 1.807) is 0 Å². The van der Waals surface area contributed by atoms with Crippen molar-refractivity contribution >= 4 is 33.6 Å². The van der Waals surface area contributed by atoms with E-state index in [4.69, 9.17) is 32.3 Å². The van der Waals surface area contributed by atoms with E-state index in [1.807, 2.05) is 0 Å². The van der Waals surface area contributed by atoms with Crippen LogP contribution < -0.4 is 0 Å². The molecule has 4 N–H and O–H groups in total. The van der Waals surface area contributed by atoms with Gasteiger partial charge in [-0.2, -0.15) is 0 Å². The normalized spacial score (nSPS) is 14.4. The number of unbranched alkanes of at least 4 members (excludes halogenated alkanes) is 45. The summed E-state index contributed by atoms with van der Waals surface area (Å²) in [6, 6.07) is 0. The first-order valence-corrected chi connectivity index (χ1v) is 52.8. The Morgan fingerprint density at radius 3 is 0.642 bits per heavy atom. The van der Waals surface area contributed by atoms with Crippen molar-refractivity contribution in [3.8, 4) is 0 Å². The number of aliphatic hydroxyl groups is 2. The molecular weight excluding hydrogens is 1580 g/mol. The monoisotopic (exact) mass is 1760 g/mol. The predicted octanol–water partition coefficient (Wildman–Crippen LogP) is 31.2. The van der Waals surface area contributed by atoms with Crippen molar-refractivity contribution in [2.45, 2.75) is 450 Å². The lowest BCUT2D eigenvalue weighted by molar-refractivity contribution is -0.161. The van der Waals surface area contributed by atoms with Gasteiger partial charge in [-0.3, -0.25) is 32.5 Å². The average molecular weight is 1760 g/mol. The Morgan fingerprint density at radius 1 is 0.228 bits per heavy atom. The van der Waals surface area contributed by atoms with Gasteiger partial charge in [-0.1, -0.05) is 429 Å². The Morgan fingerprint density at radius 2 is 0.407 bits per heavy atom. The van der Waals surface area contributed by atoms with E-state index >= 15 is 0 Å². The Hall–Kier alpha value is -4.83. The summed E-state index contributed by atoms with van der Waals surface area (Å²) in [6.45, 7) is 2.41. The number of carbonyl (C=O) groups excluding carboxylic acids is 3. The standard InChI is InChI=1S/C105H182O16P2/c1-4-7-10-13-16-19-22-25-28-31-33-35-37-39-41-43-45-47-49-51-53-55-57-59-61-63-65-68-70-73-76-79-82-85-88-91-103(108)115-94-100(106)95-117-122(111,112)118-96-101(107)97-119-123(113,114)120-99-102(121-105(110)93-90-87-84-81-78-75-72-67-30-27-24-21-18-15-12-9-6-3)98-116-104(109)92-89-86-83-80-77-74-71-69-66-64-62-60-58-56-54-52-50-48-46-44-42-40-38-36-34-32-29-26-23-20-17-14-11-8-5-2/h7-12,16-21,25-30,33-36,39-42,100-102,106-107H,4-6,13-15,22-24,31-32,37-38,43-99H2,1-3H3,(H,111,112)(H,113,114)/b10-7-,11-8-,12-9-,19-16-,20-17-,21-18-,28-25-,29-26-,30-27-,35-33-,36-34-,41-39-,42-40-. The number of phosphoric ester groups is 2. The molecule has 0 fully saturated rings. The number of esters is 3. The number of allylic oxidation sites excluding steroid dienone is 26. The number of ether oxygens (including phenoxy) is 3. The van der Waals surface area contributed by atoms with Crippen molar-refractivity contribution in [3.05, 3.63) is 158 Å². The van der Waals surface area contributed by atoms with Crippen molar-refractivity contribution in [1.29, 1.82) is 0 Å². The lowest BCUT2D eigenvalue weighted by Gasteiger charge is -2.21. The third-order valence-electron chi connectivity index (χ3n) is 21.2. The summed E-state index contributed by atoms with van der Waals surface area (Å²) in [7, 11) is -9.81. The van der Waals surface area contributed by atoms with E-state index in [2.05, 4.69) is 179 Å². The SMILES string of the molecule is CC/C=C\C/C=C\C/C=C\C/C=C\C/C=C\CCCCCCCCCCCCCCCCCCCCCC(=O)OCC(O)COP(=O)(O)OCC(O)COP(=O)(O)OCC(COC(=O)CCCCCCCCCCCCCCCCCCCCC/C=C\C/C=C\C/C=C\C/C=C\C/C=C\CC)OC(=O)CCCCCCCCC/C=C\C/C=C\C/C=C\CC. The minimum Gasteiger partial charge on any atom is -0.463 e. The highest BCUT2D eigenvalue weighted by molar-refractivity contribution is 7.47. The Bertz CT molecular complexity index is 2870. The van der Waals surface area contributed by atoms with Crippen LogP contribution in [0.2, 0.25) is 0 Å². The van der Waals surface area contributed by atoms with Gasteiger partial charge in [0.05, 0.1) is 26.4 Å². The first-order chi connectivity index (χ1) is 60.2. The lowest BCUT2D eigenvalue weighted by atomic mass is 10.0. The van der Waals surface area contributed by atoms with Gasteiger partial charge in [0.1, 0.15) is 25.4 Å². The van der Waals surface area contributed by atoms with Crippen molar-refractivity contribution in [2.24, 2.45) is 0 Å². The summed E-state index contributed by atoms with van der Waals surface area (Å²) >= 11 is 0. The summed E-state index contributed by atoms with van der Waals surface area (Å²) in [4.78, 5) is 59.1. The van der Waals surface area contributed by atoms with Crippen LogP contribution in [0.1, 0.15) is 432 Å². The maximum Gasteiger partial charge on any atom is 0.472 e. The highest BCUT2D eigenvalue weighted by Crippen LogP contribution is 2.45. The number of hydrogen-bond donors (Lipinski definition) is 4. The van der Waals surface area contributed by atoms with Crippen LogP contribution in [0.15, 0.2) is 158 Å². The Balaban J connectivity index is 4.43. The first kappa shape index (κ1) is 118. The number of rotatable bonds is 94. The third kappa shape index (κ3) is 97.6. The summed E-state index contributed by atoms with van der Waals surface area (Å²) in [5.74, 6) is -1.57. The molecule has 0 aliphatic carbocycles. The molecule has 16 nitrogen and oxygen atoms in total. The minimum atomic E-state index is -4.94. The van der Waals surface area contributed by atoms with Crippen LogP contribution in [-0.2, 0) is 55.8 Å². The quantitative estimate of drug-likeness (QED) is 0.0146. The van der Waals surface area contributed by atoms with Gasteiger partial charge in [-0.15, -0.1) is 0 Å². The zero-order valence-corrected chi connectivity index (χ0v) is 80.1. The molecular formula is C105H182O16P2. The Kier molecular flexibility index (Phi) is 92.5. The number of phosphoric acid groups is 2. The molecule has 0 heterocycles. The molecule has 0 amide bonds. The minimum absolute atomic E-state index is 0.0933. The molecule has 0 bridgehead atoms. The maximum atomic E-state index is 13.1. The first-order valence-electron chi connectivity index (χ1n) is 49.8. The molecule has 18 heteroatoms. The van der Waals surface area contributed by atoms with E-state index in [-0.39, 0.29) is 19.3 Å². The molecule has 0 saturated carbocycles. The van der Waals surface area contributed by atoms with Crippen molar-refractivity contribution in [3.63, 3.8) is 0 Å². The van der Waals surface area contributed by atoms with Crippen LogP contribution >= 0.6 is 15.6 Å². The number of hydrogen-bond acceptors (Lipinski definition) is 14. The molecule has 0 radical (unpaired) electrons. The van der Waals surface area contributed by atoms with E-state index in [0.717, 1.165) is 167 Å². The third-order valence-corrected chi connectivity index (χ3v) is 23.1. The summed E-state index contributed by atoms with van der Waals surface area (Å²) < 4.78 is 61.6. The van der Waals surface area contributed by atoms with Gasteiger partial charge in [0.25, 0.3) is 0 Å². The fourth-order valence-electron chi connectivity index (χ4n) is 13.8. The van der Waals surface area contributed by atoms with Gasteiger partial charge in [0.15, 0.2) is 6.10 Å². The van der Waals surface area contributed by atoms with Gasteiger partial charge >= 0.3 is 33.6 Å². The van der Waals surface area contributed by atoms with E-state index < -0.39 is 91.5 Å². The highest BCUT2D eigenvalue weighted by atomic mass is 31.2. The largest absolute Gasteiger partial charge is 0.472 e. The molecule has 0 aliphatic rings. The van der Waals surface area contributed by atoms with Crippen LogP contribution in [0, 0.1) is 0 Å². The molecule has 708 valence electrons. The lowest BCUT2D eigenvalue weighted by Crippen LogP contribution is -2.30. The molecule has 123 heavy (non-hydrogen) atoms. The zero-order valence-electron chi connectivity index (χ0n) is 78.3. The van der Waals surface area contributed by atoms with Gasteiger partial charge < -0.3 is 34.2 Å². The second-order valence-corrected chi connectivity index (χ2v) is 36.0. The summed E-state index contributed by atoms with van der Waals surface area (Å²) in [6.07, 6.45) is 125. The Labute approximate surface area is 752 Å². The number of aliphatic hydroxyl groups excluding tert-OH is 2.